The molecule has 100 valence electrons. The Labute approximate surface area is 119 Å². The minimum absolute atomic E-state index is 0.164. The van der Waals surface area contributed by atoms with Gasteiger partial charge in [0.15, 0.2) is 0 Å². The van der Waals surface area contributed by atoms with E-state index in [0.29, 0.717) is 20.5 Å². The van der Waals surface area contributed by atoms with Crippen LogP contribution < -0.4 is 0 Å². The van der Waals surface area contributed by atoms with Crippen LogP contribution in [0.1, 0.15) is 15.2 Å². The van der Waals surface area contributed by atoms with Crippen molar-refractivity contribution in [2.24, 2.45) is 0 Å². The van der Waals surface area contributed by atoms with Crippen molar-refractivity contribution in [3.05, 3.63) is 34.5 Å². The number of halogens is 1. The van der Waals surface area contributed by atoms with E-state index in [9.17, 15) is 9.18 Å². The predicted molar refractivity (Wildman–Crippen MR) is 73.6 cm³/mol. The van der Waals surface area contributed by atoms with Crippen LogP contribution in [0.15, 0.2) is 18.2 Å². The SMILES string of the molecule is Cc1c(C(=O)N(CC#N)CC#N)sc2cccc(F)c12. The van der Waals surface area contributed by atoms with Crippen molar-refractivity contribution in [3.8, 4) is 12.1 Å². The second kappa shape index (κ2) is 5.68. The lowest BCUT2D eigenvalue weighted by molar-refractivity contribution is 0.0799. The van der Waals surface area contributed by atoms with E-state index < -0.39 is 5.91 Å². The van der Waals surface area contributed by atoms with Crippen LogP contribution >= 0.6 is 11.3 Å². The fraction of sp³-hybridized carbons (Fsp3) is 0.214. The number of nitriles is 2. The standard InChI is InChI=1S/C14H10FN3OS/c1-9-12-10(15)3-2-4-11(12)20-13(9)14(19)18(7-5-16)8-6-17/h2-4H,7-8H2,1H3. The molecule has 4 nitrogen and oxygen atoms in total. The number of carbonyl (C=O) groups excluding carboxylic acids is 1. The van der Waals surface area contributed by atoms with Gasteiger partial charge in [0.05, 0.1) is 17.0 Å². The van der Waals surface area contributed by atoms with Crippen LogP contribution in [0.4, 0.5) is 4.39 Å². The van der Waals surface area contributed by atoms with Crippen molar-refractivity contribution < 1.29 is 9.18 Å². The van der Waals surface area contributed by atoms with Gasteiger partial charge in [-0.1, -0.05) is 6.07 Å². The number of thiophene rings is 1. The minimum Gasteiger partial charge on any atom is -0.311 e. The highest BCUT2D eigenvalue weighted by molar-refractivity contribution is 7.21. The highest BCUT2D eigenvalue weighted by Crippen LogP contribution is 2.33. The van der Waals surface area contributed by atoms with Crippen LogP contribution in [0, 0.1) is 35.4 Å². The van der Waals surface area contributed by atoms with Crippen LogP contribution in [0.3, 0.4) is 0 Å². The van der Waals surface area contributed by atoms with Crippen LogP contribution in [-0.4, -0.2) is 23.9 Å². The third-order valence-corrected chi connectivity index (χ3v) is 4.15. The lowest BCUT2D eigenvalue weighted by Gasteiger charge is -2.14. The molecule has 0 aliphatic carbocycles. The number of aryl methyl sites for hydroxylation is 1. The molecule has 0 radical (unpaired) electrons. The van der Waals surface area contributed by atoms with Crippen LogP contribution in [0.2, 0.25) is 0 Å². The summed E-state index contributed by atoms with van der Waals surface area (Å²) in [6, 6.07) is 8.38. The summed E-state index contributed by atoms with van der Waals surface area (Å²) in [5.41, 5.74) is 0.550. The molecule has 0 saturated heterocycles. The first-order chi connectivity index (χ1) is 9.60. The third kappa shape index (κ3) is 2.34. The van der Waals surface area contributed by atoms with E-state index in [-0.39, 0.29) is 18.9 Å². The zero-order chi connectivity index (χ0) is 14.7. The van der Waals surface area contributed by atoms with Crippen molar-refractivity contribution in [1.29, 1.82) is 10.5 Å². The zero-order valence-corrected chi connectivity index (χ0v) is 11.5. The molecular formula is C14H10FN3OS. The molecule has 0 fully saturated rings. The predicted octanol–water partition coefficient (Wildman–Crippen LogP) is 2.84. The highest BCUT2D eigenvalue weighted by atomic mass is 32.1. The van der Waals surface area contributed by atoms with Crippen LogP contribution in [0.5, 0.6) is 0 Å². The summed E-state index contributed by atoms with van der Waals surface area (Å²) >= 11 is 1.18. The van der Waals surface area contributed by atoms with E-state index in [2.05, 4.69) is 0 Å². The summed E-state index contributed by atoms with van der Waals surface area (Å²) in [6.07, 6.45) is 0. The fourth-order valence-corrected chi connectivity index (χ4v) is 3.16. The molecule has 1 heterocycles. The number of hydrogen-bond donors (Lipinski definition) is 0. The number of benzene rings is 1. The Kier molecular flexibility index (Phi) is 3.97. The van der Waals surface area contributed by atoms with Gasteiger partial charge in [0, 0.05) is 10.1 Å². The Morgan fingerprint density at radius 3 is 2.55 bits per heavy atom. The van der Waals surface area contributed by atoms with Crippen molar-refractivity contribution in [3.63, 3.8) is 0 Å². The first-order valence-corrected chi connectivity index (χ1v) is 6.62. The first-order valence-electron chi connectivity index (χ1n) is 5.81. The molecule has 2 rings (SSSR count). The molecule has 0 atom stereocenters. The number of hydrogen-bond acceptors (Lipinski definition) is 4. The molecule has 20 heavy (non-hydrogen) atoms. The maximum Gasteiger partial charge on any atom is 0.265 e. The number of fused-ring (bicyclic) bond motifs is 1. The average Bonchev–Trinajstić information content (AvgIpc) is 2.76. The second-order valence-electron chi connectivity index (χ2n) is 4.15. The molecule has 0 saturated carbocycles. The van der Waals surface area contributed by atoms with Gasteiger partial charge in [-0.15, -0.1) is 11.3 Å². The second-order valence-corrected chi connectivity index (χ2v) is 5.20. The Morgan fingerprint density at radius 1 is 1.35 bits per heavy atom. The van der Waals surface area contributed by atoms with Crippen molar-refractivity contribution in [1.82, 2.24) is 4.90 Å². The number of amides is 1. The monoisotopic (exact) mass is 287 g/mol. The molecule has 1 amide bonds. The Bertz CT molecular complexity index is 738. The van der Waals surface area contributed by atoms with Crippen molar-refractivity contribution >= 4 is 27.3 Å². The van der Waals surface area contributed by atoms with Gasteiger partial charge in [-0.25, -0.2) is 4.39 Å². The topological polar surface area (TPSA) is 67.9 Å². The van der Waals surface area contributed by atoms with Gasteiger partial charge >= 0.3 is 0 Å². The molecule has 1 aromatic carbocycles. The van der Waals surface area contributed by atoms with Gasteiger partial charge in [-0.2, -0.15) is 10.5 Å². The summed E-state index contributed by atoms with van der Waals surface area (Å²) in [4.78, 5) is 13.9. The maximum absolute atomic E-state index is 13.8. The first kappa shape index (κ1) is 14.0. The minimum atomic E-state index is -0.411. The van der Waals surface area contributed by atoms with E-state index >= 15 is 0 Å². The van der Waals surface area contributed by atoms with Gasteiger partial charge in [0.25, 0.3) is 5.91 Å². The third-order valence-electron chi connectivity index (χ3n) is 2.91. The van der Waals surface area contributed by atoms with Crippen molar-refractivity contribution in [2.45, 2.75) is 6.92 Å². The molecule has 0 bridgehead atoms. The van der Waals surface area contributed by atoms with E-state index in [1.165, 1.54) is 17.4 Å². The molecular weight excluding hydrogens is 277 g/mol. The quantitative estimate of drug-likeness (QED) is 0.815. The van der Waals surface area contributed by atoms with Crippen molar-refractivity contribution in [2.75, 3.05) is 13.1 Å². The summed E-state index contributed by atoms with van der Waals surface area (Å²) < 4.78 is 14.5. The van der Waals surface area contributed by atoms with E-state index in [1.807, 2.05) is 12.1 Å². The molecule has 0 spiro atoms. The van der Waals surface area contributed by atoms with Gasteiger partial charge in [-0.05, 0) is 24.6 Å². The van der Waals surface area contributed by atoms with Crippen LogP contribution in [-0.2, 0) is 0 Å². The Morgan fingerprint density at radius 2 is 2.00 bits per heavy atom. The van der Waals surface area contributed by atoms with Gasteiger partial charge in [0.1, 0.15) is 18.9 Å². The Balaban J connectivity index is 2.50. The van der Waals surface area contributed by atoms with E-state index in [4.69, 9.17) is 10.5 Å². The van der Waals surface area contributed by atoms with Gasteiger partial charge in [0.2, 0.25) is 0 Å². The zero-order valence-electron chi connectivity index (χ0n) is 10.7. The van der Waals surface area contributed by atoms with E-state index in [1.54, 1.807) is 19.1 Å². The lowest BCUT2D eigenvalue weighted by Crippen LogP contribution is -2.31. The normalized spacial score (nSPS) is 10.0. The molecule has 1 aromatic heterocycles. The molecule has 2 aromatic rings. The smallest absolute Gasteiger partial charge is 0.265 e. The van der Waals surface area contributed by atoms with Gasteiger partial charge < -0.3 is 4.90 Å². The molecule has 0 unspecified atom stereocenters. The number of nitrogens with zero attached hydrogens (tertiary/aromatic N) is 3. The number of carbonyl (C=O) groups is 1. The lowest BCUT2D eigenvalue weighted by atomic mass is 10.1. The Hall–Kier alpha value is -2.44. The molecule has 0 aliphatic rings. The highest BCUT2D eigenvalue weighted by Gasteiger charge is 2.22. The maximum atomic E-state index is 13.8. The summed E-state index contributed by atoms with van der Waals surface area (Å²) in [5.74, 6) is -0.784. The molecule has 0 N–H and O–H groups in total. The molecule has 0 aliphatic heterocycles. The van der Waals surface area contributed by atoms with Gasteiger partial charge in [-0.3, -0.25) is 4.79 Å². The van der Waals surface area contributed by atoms with Crippen LogP contribution in [0.25, 0.3) is 10.1 Å². The summed E-state index contributed by atoms with van der Waals surface area (Å²) in [5, 5.41) is 17.8. The average molecular weight is 287 g/mol. The van der Waals surface area contributed by atoms with E-state index in [0.717, 1.165) is 4.90 Å². The summed E-state index contributed by atoms with van der Waals surface area (Å²) in [7, 11) is 0. The number of rotatable bonds is 3. The molecule has 6 heteroatoms. The summed E-state index contributed by atoms with van der Waals surface area (Å²) in [6.45, 7) is 1.34. The fourth-order valence-electron chi connectivity index (χ4n) is 1.97. The largest absolute Gasteiger partial charge is 0.311 e.